The molecular weight excluding hydrogens is 259 g/mol. The number of halogens is 1. The number of rotatable bonds is 4. The fourth-order valence-electron chi connectivity index (χ4n) is 1.70. The van der Waals surface area contributed by atoms with Crippen molar-refractivity contribution in [1.29, 1.82) is 0 Å². The lowest BCUT2D eigenvalue weighted by atomic mass is 10.2. The summed E-state index contributed by atoms with van der Waals surface area (Å²) in [6.07, 6.45) is 2.92. The molecule has 0 saturated heterocycles. The topological polar surface area (TPSA) is 58.1 Å². The fraction of sp³-hybridized carbons (Fsp3) is 0.214. The van der Waals surface area contributed by atoms with Crippen molar-refractivity contribution in [2.45, 2.75) is 6.54 Å². The van der Waals surface area contributed by atoms with Crippen LogP contribution in [0.5, 0.6) is 0 Å². The van der Waals surface area contributed by atoms with Crippen LogP contribution in [0.4, 0.5) is 10.2 Å². The van der Waals surface area contributed by atoms with Crippen molar-refractivity contribution in [3.8, 4) is 0 Å². The first-order chi connectivity index (χ1) is 9.60. The molecular formula is C14H15FN4O. The number of benzene rings is 1. The Bertz CT molecular complexity index is 583. The highest BCUT2D eigenvalue weighted by atomic mass is 19.1. The predicted octanol–water partition coefficient (Wildman–Crippen LogP) is 1.93. The Labute approximate surface area is 116 Å². The van der Waals surface area contributed by atoms with Gasteiger partial charge in [0.15, 0.2) is 0 Å². The first kappa shape index (κ1) is 13.9. The normalized spacial score (nSPS) is 10.2. The number of carbonyl (C=O) groups is 1. The van der Waals surface area contributed by atoms with Crippen LogP contribution in [0.2, 0.25) is 0 Å². The summed E-state index contributed by atoms with van der Waals surface area (Å²) in [7, 11) is 3.39. The molecule has 0 unspecified atom stereocenters. The second-order valence-electron chi connectivity index (χ2n) is 4.32. The SMILES string of the molecule is CNc1cnc(C(=O)N(C)Cc2ccc(F)cc2)cn1. The van der Waals surface area contributed by atoms with E-state index in [4.69, 9.17) is 0 Å². The zero-order valence-electron chi connectivity index (χ0n) is 11.3. The van der Waals surface area contributed by atoms with Crippen molar-refractivity contribution in [1.82, 2.24) is 14.9 Å². The van der Waals surface area contributed by atoms with E-state index >= 15 is 0 Å². The lowest BCUT2D eigenvalue weighted by Gasteiger charge is -2.16. The number of carbonyl (C=O) groups excluding carboxylic acids is 1. The van der Waals surface area contributed by atoms with Gasteiger partial charge in [-0.15, -0.1) is 0 Å². The number of nitrogens with zero attached hydrogens (tertiary/aromatic N) is 3. The maximum absolute atomic E-state index is 12.8. The van der Waals surface area contributed by atoms with Crippen LogP contribution in [0.1, 0.15) is 16.1 Å². The minimum atomic E-state index is -0.295. The second kappa shape index (κ2) is 6.10. The second-order valence-corrected chi connectivity index (χ2v) is 4.32. The van der Waals surface area contributed by atoms with Crippen LogP contribution in [-0.4, -0.2) is 34.9 Å². The van der Waals surface area contributed by atoms with Crippen molar-refractivity contribution in [2.24, 2.45) is 0 Å². The number of hydrogen-bond donors (Lipinski definition) is 1. The quantitative estimate of drug-likeness (QED) is 0.925. The minimum absolute atomic E-state index is 0.232. The van der Waals surface area contributed by atoms with E-state index in [1.54, 1.807) is 26.2 Å². The Morgan fingerprint density at radius 2 is 1.95 bits per heavy atom. The maximum Gasteiger partial charge on any atom is 0.274 e. The van der Waals surface area contributed by atoms with Gasteiger partial charge in [-0.1, -0.05) is 12.1 Å². The lowest BCUT2D eigenvalue weighted by molar-refractivity contribution is 0.0779. The molecule has 0 atom stereocenters. The van der Waals surface area contributed by atoms with Crippen LogP contribution in [0.15, 0.2) is 36.7 Å². The van der Waals surface area contributed by atoms with Crippen molar-refractivity contribution < 1.29 is 9.18 Å². The van der Waals surface area contributed by atoms with E-state index in [0.717, 1.165) is 5.56 Å². The number of amides is 1. The van der Waals surface area contributed by atoms with Gasteiger partial charge in [0.2, 0.25) is 0 Å². The average molecular weight is 274 g/mol. The molecule has 0 bridgehead atoms. The largest absolute Gasteiger partial charge is 0.372 e. The Kier molecular flexibility index (Phi) is 4.24. The highest BCUT2D eigenvalue weighted by molar-refractivity contribution is 5.91. The molecule has 0 aliphatic carbocycles. The Hall–Kier alpha value is -2.50. The third kappa shape index (κ3) is 3.28. The highest BCUT2D eigenvalue weighted by Gasteiger charge is 2.13. The van der Waals surface area contributed by atoms with E-state index in [1.165, 1.54) is 29.4 Å². The molecule has 1 aromatic heterocycles. The van der Waals surface area contributed by atoms with Crippen LogP contribution < -0.4 is 5.32 Å². The van der Waals surface area contributed by atoms with Crippen molar-refractivity contribution in [3.63, 3.8) is 0 Å². The van der Waals surface area contributed by atoms with Crippen molar-refractivity contribution in [3.05, 3.63) is 53.7 Å². The number of hydrogen-bond acceptors (Lipinski definition) is 4. The molecule has 0 saturated carbocycles. The summed E-state index contributed by atoms with van der Waals surface area (Å²) >= 11 is 0. The highest BCUT2D eigenvalue weighted by Crippen LogP contribution is 2.08. The Morgan fingerprint density at radius 1 is 1.25 bits per heavy atom. The molecule has 0 spiro atoms. The van der Waals surface area contributed by atoms with Gasteiger partial charge in [0.05, 0.1) is 12.4 Å². The molecule has 1 heterocycles. The third-order valence-electron chi connectivity index (χ3n) is 2.81. The first-order valence-corrected chi connectivity index (χ1v) is 6.10. The number of aromatic nitrogens is 2. The van der Waals surface area contributed by atoms with Crippen LogP contribution in [0.25, 0.3) is 0 Å². The van der Waals surface area contributed by atoms with Gasteiger partial charge < -0.3 is 10.2 Å². The number of nitrogens with one attached hydrogen (secondary N) is 1. The van der Waals surface area contributed by atoms with Gasteiger partial charge in [0.25, 0.3) is 5.91 Å². The van der Waals surface area contributed by atoms with E-state index in [-0.39, 0.29) is 17.4 Å². The van der Waals surface area contributed by atoms with E-state index in [9.17, 15) is 9.18 Å². The van der Waals surface area contributed by atoms with E-state index < -0.39 is 0 Å². The predicted molar refractivity (Wildman–Crippen MR) is 73.8 cm³/mol. The molecule has 2 aromatic rings. The summed E-state index contributed by atoms with van der Waals surface area (Å²) in [5.74, 6) is 0.0727. The van der Waals surface area contributed by atoms with Gasteiger partial charge in [-0.25, -0.2) is 14.4 Å². The van der Waals surface area contributed by atoms with Gasteiger partial charge >= 0.3 is 0 Å². The van der Waals surface area contributed by atoms with Crippen LogP contribution in [-0.2, 0) is 6.54 Å². The van der Waals surface area contributed by atoms with Crippen LogP contribution in [0, 0.1) is 5.82 Å². The Morgan fingerprint density at radius 3 is 2.50 bits per heavy atom. The van der Waals surface area contributed by atoms with Gasteiger partial charge in [-0.2, -0.15) is 0 Å². The summed E-state index contributed by atoms with van der Waals surface area (Å²) in [5, 5.41) is 2.83. The molecule has 0 radical (unpaired) electrons. The molecule has 0 aliphatic rings. The average Bonchev–Trinajstić information content (AvgIpc) is 2.49. The Balaban J connectivity index is 2.05. The third-order valence-corrected chi connectivity index (χ3v) is 2.81. The van der Waals surface area contributed by atoms with Crippen molar-refractivity contribution >= 4 is 11.7 Å². The maximum atomic E-state index is 12.8. The summed E-state index contributed by atoms with van der Waals surface area (Å²) in [6.45, 7) is 0.384. The monoisotopic (exact) mass is 274 g/mol. The lowest BCUT2D eigenvalue weighted by Crippen LogP contribution is -2.27. The number of anilines is 1. The van der Waals surface area contributed by atoms with Crippen LogP contribution in [0.3, 0.4) is 0 Å². The standard InChI is InChI=1S/C14H15FN4O/c1-16-13-8-17-12(7-18-13)14(20)19(2)9-10-3-5-11(15)6-4-10/h3-8H,9H2,1-2H3,(H,16,18). The molecule has 1 amide bonds. The van der Waals surface area contributed by atoms with E-state index in [2.05, 4.69) is 15.3 Å². The summed E-state index contributed by atoms with van der Waals surface area (Å²) in [4.78, 5) is 21.8. The molecule has 6 heteroatoms. The molecule has 104 valence electrons. The van der Waals surface area contributed by atoms with Crippen LogP contribution >= 0.6 is 0 Å². The van der Waals surface area contributed by atoms with Gasteiger partial charge in [0.1, 0.15) is 17.3 Å². The van der Waals surface area contributed by atoms with Crippen molar-refractivity contribution in [2.75, 3.05) is 19.4 Å². The smallest absolute Gasteiger partial charge is 0.274 e. The van der Waals surface area contributed by atoms with E-state index in [1.807, 2.05) is 0 Å². The zero-order valence-corrected chi connectivity index (χ0v) is 11.3. The van der Waals surface area contributed by atoms with Gasteiger partial charge in [-0.05, 0) is 17.7 Å². The molecule has 2 rings (SSSR count). The molecule has 0 aliphatic heterocycles. The van der Waals surface area contributed by atoms with E-state index in [0.29, 0.717) is 12.4 Å². The summed E-state index contributed by atoms with van der Waals surface area (Å²) < 4.78 is 12.8. The molecule has 20 heavy (non-hydrogen) atoms. The zero-order chi connectivity index (χ0) is 14.5. The molecule has 0 fully saturated rings. The van der Waals surface area contributed by atoms with Gasteiger partial charge in [0, 0.05) is 20.6 Å². The first-order valence-electron chi connectivity index (χ1n) is 6.10. The fourth-order valence-corrected chi connectivity index (χ4v) is 1.70. The molecule has 1 aromatic carbocycles. The minimum Gasteiger partial charge on any atom is -0.372 e. The molecule has 5 nitrogen and oxygen atoms in total. The summed E-state index contributed by atoms with van der Waals surface area (Å²) in [5.41, 5.74) is 1.12. The molecule has 1 N–H and O–H groups in total. The van der Waals surface area contributed by atoms with Gasteiger partial charge in [-0.3, -0.25) is 4.79 Å². The summed E-state index contributed by atoms with van der Waals surface area (Å²) in [6, 6.07) is 6.04.